The molecule has 1 rings (SSSR count). The molecule has 0 heterocycles. The zero-order valence-corrected chi connectivity index (χ0v) is 9.05. The van der Waals surface area contributed by atoms with E-state index in [9.17, 15) is 0 Å². The van der Waals surface area contributed by atoms with Crippen molar-refractivity contribution >= 4 is 18.4 Å². The maximum atomic E-state index is 7.30. The molecule has 0 aliphatic heterocycles. The largest absolute Gasteiger partial charge is 0.370 e. The Kier molecular flexibility index (Phi) is 5.72. The monoisotopic (exact) mass is 213 g/mol. The third-order valence-corrected chi connectivity index (χ3v) is 1.94. The van der Waals surface area contributed by atoms with Crippen molar-refractivity contribution in [1.82, 2.24) is 4.90 Å². The van der Waals surface area contributed by atoms with Crippen molar-refractivity contribution in [2.75, 3.05) is 6.54 Å². The van der Waals surface area contributed by atoms with Crippen LogP contribution in [0, 0.1) is 5.41 Å². The number of nitrogens with one attached hydrogen (secondary N) is 1. The second-order valence-electron chi connectivity index (χ2n) is 2.89. The third kappa shape index (κ3) is 3.66. The minimum Gasteiger partial charge on any atom is -0.370 e. The predicted molar refractivity (Wildman–Crippen MR) is 61.7 cm³/mol. The quantitative estimate of drug-likeness (QED) is 0.595. The van der Waals surface area contributed by atoms with Gasteiger partial charge in [0, 0.05) is 13.1 Å². The Balaban J connectivity index is 0.00000169. The van der Waals surface area contributed by atoms with Gasteiger partial charge in [-0.2, -0.15) is 0 Å². The highest BCUT2D eigenvalue weighted by Crippen LogP contribution is 2.02. The summed E-state index contributed by atoms with van der Waals surface area (Å²) in [6.07, 6.45) is 0. The Morgan fingerprint density at radius 1 is 1.36 bits per heavy atom. The topological polar surface area (TPSA) is 53.1 Å². The first-order valence-electron chi connectivity index (χ1n) is 4.37. The lowest BCUT2D eigenvalue weighted by atomic mass is 10.2. The maximum absolute atomic E-state index is 7.30. The minimum absolute atomic E-state index is 0. The van der Waals surface area contributed by atoms with E-state index in [2.05, 4.69) is 0 Å². The van der Waals surface area contributed by atoms with Crippen molar-refractivity contribution in [1.29, 1.82) is 5.41 Å². The molecule has 0 aromatic heterocycles. The van der Waals surface area contributed by atoms with Crippen LogP contribution in [0.3, 0.4) is 0 Å². The van der Waals surface area contributed by atoms with Gasteiger partial charge in [0.2, 0.25) is 0 Å². The molecule has 0 spiro atoms. The fraction of sp³-hybridized carbons (Fsp3) is 0.300. The van der Waals surface area contributed by atoms with Crippen LogP contribution in [-0.2, 0) is 6.54 Å². The van der Waals surface area contributed by atoms with Crippen LogP contribution in [0.1, 0.15) is 12.5 Å². The molecule has 3 N–H and O–H groups in total. The molecule has 0 fully saturated rings. The number of halogens is 1. The average molecular weight is 214 g/mol. The van der Waals surface area contributed by atoms with Gasteiger partial charge in [0.25, 0.3) is 0 Å². The van der Waals surface area contributed by atoms with E-state index in [-0.39, 0.29) is 18.4 Å². The summed E-state index contributed by atoms with van der Waals surface area (Å²) in [5.41, 5.74) is 6.58. The molecule has 0 aliphatic rings. The number of hydrogen-bond donors (Lipinski definition) is 2. The predicted octanol–water partition coefficient (Wildman–Crippen LogP) is 1.82. The van der Waals surface area contributed by atoms with Crippen LogP contribution in [0.5, 0.6) is 0 Å². The molecule has 0 atom stereocenters. The molecule has 78 valence electrons. The second kappa shape index (κ2) is 6.27. The molecule has 0 saturated carbocycles. The first-order chi connectivity index (χ1) is 6.24. The van der Waals surface area contributed by atoms with Gasteiger partial charge in [-0.15, -0.1) is 12.4 Å². The summed E-state index contributed by atoms with van der Waals surface area (Å²) in [6.45, 7) is 3.47. The van der Waals surface area contributed by atoms with Crippen molar-refractivity contribution in [3.63, 3.8) is 0 Å². The van der Waals surface area contributed by atoms with Crippen molar-refractivity contribution < 1.29 is 0 Å². The second-order valence-corrected chi connectivity index (χ2v) is 2.89. The molecule has 0 saturated heterocycles. The molecular formula is C10H16ClN3. The van der Waals surface area contributed by atoms with E-state index in [1.54, 1.807) is 0 Å². The van der Waals surface area contributed by atoms with Crippen LogP contribution in [0.25, 0.3) is 0 Å². The standard InChI is InChI=1S/C10H15N3.ClH/c1-2-13(10(11)12)8-9-6-4-3-5-7-9;/h3-7H,2,8H2,1H3,(H3,11,12);1H. The van der Waals surface area contributed by atoms with Gasteiger partial charge in [-0.25, -0.2) is 0 Å². The highest BCUT2D eigenvalue weighted by molar-refractivity contribution is 5.85. The zero-order valence-electron chi connectivity index (χ0n) is 8.23. The van der Waals surface area contributed by atoms with Gasteiger partial charge in [0.15, 0.2) is 5.96 Å². The van der Waals surface area contributed by atoms with Gasteiger partial charge in [0.05, 0.1) is 0 Å². The Morgan fingerprint density at radius 2 is 1.93 bits per heavy atom. The molecule has 14 heavy (non-hydrogen) atoms. The summed E-state index contributed by atoms with van der Waals surface area (Å²) >= 11 is 0. The minimum atomic E-state index is 0. The number of nitrogens with zero attached hydrogens (tertiary/aromatic N) is 1. The SMILES string of the molecule is CCN(Cc1ccccc1)C(=N)N.Cl. The number of hydrogen-bond acceptors (Lipinski definition) is 1. The van der Waals surface area contributed by atoms with Gasteiger partial charge in [-0.3, -0.25) is 5.41 Å². The Morgan fingerprint density at radius 3 is 2.36 bits per heavy atom. The van der Waals surface area contributed by atoms with Crippen LogP contribution >= 0.6 is 12.4 Å². The van der Waals surface area contributed by atoms with Crippen LogP contribution < -0.4 is 5.73 Å². The first-order valence-corrected chi connectivity index (χ1v) is 4.37. The smallest absolute Gasteiger partial charge is 0.188 e. The molecule has 0 bridgehead atoms. The van der Waals surface area contributed by atoms with Gasteiger partial charge in [-0.05, 0) is 12.5 Å². The van der Waals surface area contributed by atoms with Gasteiger partial charge in [0.1, 0.15) is 0 Å². The molecule has 3 nitrogen and oxygen atoms in total. The van der Waals surface area contributed by atoms with Crippen molar-refractivity contribution in [3.8, 4) is 0 Å². The van der Waals surface area contributed by atoms with E-state index in [4.69, 9.17) is 11.1 Å². The zero-order chi connectivity index (χ0) is 9.68. The molecule has 0 radical (unpaired) electrons. The Labute approximate surface area is 90.8 Å². The van der Waals surface area contributed by atoms with Gasteiger partial charge < -0.3 is 10.6 Å². The van der Waals surface area contributed by atoms with Crippen molar-refractivity contribution in [3.05, 3.63) is 35.9 Å². The maximum Gasteiger partial charge on any atom is 0.188 e. The Bertz CT molecular complexity index is 274. The van der Waals surface area contributed by atoms with E-state index in [0.29, 0.717) is 6.54 Å². The fourth-order valence-corrected chi connectivity index (χ4v) is 1.17. The number of guanidine groups is 1. The van der Waals surface area contributed by atoms with Gasteiger partial charge in [-0.1, -0.05) is 30.3 Å². The van der Waals surface area contributed by atoms with Crippen LogP contribution in [0.15, 0.2) is 30.3 Å². The average Bonchev–Trinajstić information content (AvgIpc) is 2.15. The first kappa shape index (κ1) is 12.8. The molecular weight excluding hydrogens is 198 g/mol. The number of nitrogens with two attached hydrogens (primary N) is 1. The highest BCUT2D eigenvalue weighted by Gasteiger charge is 2.03. The molecule has 1 aromatic carbocycles. The number of benzene rings is 1. The van der Waals surface area contributed by atoms with E-state index < -0.39 is 0 Å². The summed E-state index contributed by atoms with van der Waals surface area (Å²) < 4.78 is 0. The number of rotatable bonds is 3. The normalized spacial score (nSPS) is 8.93. The molecule has 4 heteroatoms. The highest BCUT2D eigenvalue weighted by atomic mass is 35.5. The van der Waals surface area contributed by atoms with E-state index >= 15 is 0 Å². The van der Waals surface area contributed by atoms with Crippen LogP contribution in [0.2, 0.25) is 0 Å². The lowest BCUT2D eigenvalue weighted by molar-refractivity contribution is 0.427. The van der Waals surface area contributed by atoms with Gasteiger partial charge >= 0.3 is 0 Å². The van der Waals surface area contributed by atoms with E-state index in [1.807, 2.05) is 42.2 Å². The van der Waals surface area contributed by atoms with Crippen molar-refractivity contribution in [2.24, 2.45) is 5.73 Å². The Hall–Kier alpha value is -1.22. The molecule has 0 amide bonds. The van der Waals surface area contributed by atoms with E-state index in [0.717, 1.165) is 6.54 Å². The van der Waals surface area contributed by atoms with Crippen LogP contribution in [0.4, 0.5) is 0 Å². The summed E-state index contributed by atoms with van der Waals surface area (Å²) in [6, 6.07) is 10.0. The molecule has 0 aliphatic carbocycles. The van der Waals surface area contributed by atoms with E-state index in [1.165, 1.54) is 5.56 Å². The molecule has 1 aromatic rings. The summed E-state index contributed by atoms with van der Waals surface area (Å²) in [4.78, 5) is 1.81. The van der Waals surface area contributed by atoms with Crippen LogP contribution in [-0.4, -0.2) is 17.4 Å². The van der Waals surface area contributed by atoms with Crippen molar-refractivity contribution in [2.45, 2.75) is 13.5 Å². The summed E-state index contributed by atoms with van der Waals surface area (Å²) in [5.74, 6) is 0.131. The molecule has 0 unspecified atom stereocenters. The lowest BCUT2D eigenvalue weighted by Crippen LogP contribution is -2.35. The summed E-state index contributed by atoms with van der Waals surface area (Å²) in [7, 11) is 0. The third-order valence-electron chi connectivity index (χ3n) is 1.94. The summed E-state index contributed by atoms with van der Waals surface area (Å²) in [5, 5.41) is 7.30. The lowest BCUT2D eigenvalue weighted by Gasteiger charge is -2.20. The fourth-order valence-electron chi connectivity index (χ4n) is 1.17.